The number of rotatable bonds is 7. The lowest BCUT2D eigenvalue weighted by molar-refractivity contribution is -0.138. The molecule has 0 nitrogen and oxygen atoms in total. The molecule has 7 aromatic carbocycles. The molecule has 13 heteroatoms. The van der Waals surface area contributed by atoms with Crippen LogP contribution in [0.25, 0.3) is 39.0 Å². The van der Waals surface area contributed by atoms with Crippen molar-refractivity contribution in [3.8, 4) is 0 Å². The van der Waals surface area contributed by atoms with Crippen LogP contribution >= 0.6 is 0 Å². The minimum Gasteiger partial charge on any atom is -0.207 e. The van der Waals surface area contributed by atoms with Crippen LogP contribution in [-0.2, 0) is 18.5 Å². The molecule has 0 amide bonds. The van der Waals surface area contributed by atoms with Gasteiger partial charge in [-0.05, 0) is 173 Å². The van der Waals surface area contributed by atoms with Crippen molar-refractivity contribution < 1.29 is 57.1 Å². The number of hydrogen-bond acceptors (Lipinski definition) is 0. The lowest BCUT2D eigenvalue weighted by Gasteiger charge is -2.10. The zero-order chi connectivity index (χ0) is 61.3. The second-order valence-electron chi connectivity index (χ2n) is 18.2. The largest absolute Gasteiger partial charge is 0.416 e. The van der Waals surface area contributed by atoms with Crippen LogP contribution in [0.2, 0.25) is 0 Å². The minimum atomic E-state index is -4.28. The summed E-state index contributed by atoms with van der Waals surface area (Å²) >= 11 is 0. The minimum absolute atomic E-state index is 0.204. The number of alkyl halides is 9. The molecule has 0 saturated carbocycles. The Morgan fingerprint density at radius 1 is 0.263 bits per heavy atom. The van der Waals surface area contributed by atoms with E-state index < -0.39 is 46.9 Å². The smallest absolute Gasteiger partial charge is 0.207 e. The standard InChI is InChI=1S/C11H11F3.2C10H9F3.C9H8F2.2C9H9F.C9H10/c1-7(2)9-4-8(3)5-10(6-9)11(12,13)14;1-7(2)8-3-5-9(6-4-8)10(11,12)13;1-7(2)8-4-3-5-9(6-8)10(11,12)13;1-6(2)7-3-8(10)5-9(11)4-7;1-7(2)8-3-5-9(10)6-4-8;1-7(2)8-4-3-5-9(10)6-8;1-8(2)9-6-4-3-5-7-9/h4-6H,1H2,2-3H3;2*3-6H,1H2,2H3;3-5H,1H2,2H3;2*3-6H,1H2,2H3;3-7H,1H2,2H3. The van der Waals surface area contributed by atoms with Crippen LogP contribution in [0.3, 0.4) is 0 Å². The van der Waals surface area contributed by atoms with Crippen LogP contribution in [0.15, 0.2) is 210 Å². The lowest BCUT2D eigenvalue weighted by Crippen LogP contribution is -2.05. The molecule has 0 bridgehead atoms. The summed E-state index contributed by atoms with van der Waals surface area (Å²) in [6.45, 7) is 39.9. The Balaban J connectivity index is 0.000000469. The van der Waals surface area contributed by atoms with E-state index in [4.69, 9.17) is 0 Å². The van der Waals surface area contributed by atoms with Gasteiger partial charge in [0, 0.05) is 6.07 Å². The van der Waals surface area contributed by atoms with Crippen molar-refractivity contribution in [2.75, 3.05) is 0 Å². The SMILES string of the molecule is C=C(C)c1cc(C)cc(C(F)(F)F)c1.C=C(C)c1cc(F)cc(F)c1.C=C(C)c1ccc(C(F)(F)F)cc1.C=C(C)c1ccc(F)cc1.C=C(C)c1cccc(C(F)(F)F)c1.C=C(C)c1cccc(F)c1.C=C(C)c1ccccc1. The van der Waals surface area contributed by atoms with E-state index in [1.807, 2.05) is 45.0 Å². The fourth-order valence-electron chi connectivity index (χ4n) is 6.11. The molecule has 0 aromatic heterocycles. The van der Waals surface area contributed by atoms with E-state index in [0.717, 1.165) is 81.4 Å². The highest BCUT2D eigenvalue weighted by atomic mass is 19.4. The zero-order valence-electron chi connectivity index (χ0n) is 46.0. The van der Waals surface area contributed by atoms with Crippen LogP contribution in [-0.4, -0.2) is 0 Å². The number of halogens is 13. The summed E-state index contributed by atoms with van der Waals surface area (Å²) < 4.78 is 160. The predicted molar refractivity (Wildman–Crippen MR) is 308 cm³/mol. The highest BCUT2D eigenvalue weighted by molar-refractivity contribution is 5.65. The van der Waals surface area contributed by atoms with Gasteiger partial charge in [0.15, 0.2) is 0 Å². The van der Waals surface area contributed by atoms with Crippen molar-refractivity contribution in [1.29, 1.82) is 0 Å². The van der Waals surface area contributed by atoms with Crippen LogP contribution < -0.4 is 0 Å². The molecule has 0 heterocycles. The molecule has 0 aliphatic carbocycles. The van der Waals surface area contributed by atoms with Gasteiger partial charge in [0.2, 0.25) is 0 Å². The van der Waals surface area contributed by atoms with Crippen molar-refractivity contribution >= 4 is 39.0 Å². The highest BCUT2D eigenvalue weighted by Crippen LogP contribution is 2.33. The van der Waals surface area contributed by atoms with E-state index >= 15 is 0 Å². The highest BCUT2D eigenvalue weighted by Gasteiger charge is 2.32. The Morgan fingerprint density at radius 2 is 0.588 bits per heavy atom. The maximum Gasteiger partial charge on any atom is 0.416 e. The molecule has 7 aromatic rings. The summed E-state index contributed by atoms with van der Waals surface area (Å²) in [7, 11) is 0. The van der Waals surface area contributed by atoms with Gasteiger partial charge in [-0.2, -0.15) is 39.5 Å². The van der Waals surface area contributed by atoms with E-state index in [9.17, 15) is 57.1 Å². The van der Waals surface area contributed by atoms with Gasteiger partial charge >= 0.3 is 18.5 Å². The van der Waals surface area contributed by atoms with E-state index in [1.54, 1.807) is 65.0 Å². The van der Waals surface area contributed by atoms with Gasteiger partial charge in [0.1, 0.15) is 23.3 Å². The van der Waals surface area contributed by atoms with E-state index in [1.165, 1.54) is 60.2 Å². The summed E-state index contributed by atoms with van der Waals surface area (Å²) in [6.07, 6.45) is -12.8. The third kappa shape index (κ3) is 27.4. The van der Waals surface area contributed by atoms with Gasteiger partial charge in [-0.25, -0.2) is 17.6 Å². The first-order valence-corrected chi connectivity index (χ1v) is 24.1. The Morgan fingerprint density at radius 3 is 0.950 bits per heavy atom. The molecule has 7 rings (SSSR count). The first kappa shape index (κ1) is 69.8. The van der Waals surface area contributed by atoms with E-state index in [-0.39, 0.29) is 11.6 Å². The van der Waals surface area contributed by atoms with Gasteiger partial charge in [-0.15, -0.1) is 0 Å². The molecule has 0 fully saturated rings. The average molecular weight is 1120 g/mol. The molecule has 424 valence electrons. The second-order valence-corrected chi connectivity index (χ2v) is 18.2. The van der Waals surface area contributed by atoms with E-state index in [0.29, 0.717) is 39.0 Å². The molecule has 0 aliphatic rings. The van der Waals surface area contributed by atoms with Gasteiger partial charge in [0.25, 0.3) is 0 Å². The molecular formula is C67H65F13. The number of allylic oxidation sites excluding steroid dienone is 7. The second kappa shape index (κ2) is 32.6. The number of benzene rings is 7. The Labute approximate surface area is 462 Å². The third-order valence-corrected chi connectivity index (χ3v) is 10.6. The normalized spacial score (nSPS) is 10.4. The molecule has 0 radical (unpaired) electrons. The molecule has 0 aliphatic heterocycles. The van der Waals surface area contributed by atoms with E-state index in [2.05, 4.69) is 58.2 Å². The Kier molecular flexibility index (Phi) is 28.5. The van der Waals surface area contributed by atoms with Crippen LogP contribution in [0.5, 0.6) is 0 Å². The first-order valence-electron chi connectivity index (χ1n) is 24.1. The predicted octanol–water partition coefficient (Wildman–Crippen LogP) is 23.0. The van der Waals surface area contributed by atoms with Gasteiger partial charge < -0.3 is 0 Å². The molecule has 0 unspecified atom stereocenters. The summed E-state index contributed by atoms with van der Waals surface area (Å²) in [5.74, 6) is -1.54. The quantitative estimate of drug-likeness (QED) is 0.140. The maximum atomic E-state index is 12.5. The van der Waals surface area contributed by atoms with Gasteiger partial charge in [-0.3, -0.25) is 0 Å². The monoisotopic (exact) mass is 1120 g/mol. The first-order chi connectivity index (χ1) is 36.9. The summed E-state index contributed by atoms with van der Waals surface area (Å²) in [6, 6.07) is 40.3. The number of aryl methyl sites for hydroxylation is 1. The Hall–Kier alpha value is -8.19. The average Bonchev–Trinajstić information content (AvgIpc) is 3.36. The number of hydrogen-bond donors (Lipinski definition) is 0. The molecular weight excluding hydrogens is 1050 g/mol. The van der Waals surface area contributed by atoms with Gasteiger partial charge in [-0.1, -0.05) is 170 Å². The maximum absolute atomic E-state index is 12.5. The van der Waals surface area contributed by atoms with Gasteiger partial charge in [0.05, 0.1) is 16.7 Å². The lowest BCUT2D eigenvalue weighted by atomic mass is 10.0. The summed E-state index contributed by atoms with van der Waals surface area (Å²) in [5.41, 5.74) is 9.73. The summed E-state index contributed by atoms with van der Waals surface area (Å²) in [4.78, 5) is 0. The molecule has 80 heavy (non-hydrogen) atoms. The molecule has 0 spiro atoms. The third-order valence-electron chi connectivity index (χ3n) is 10.6. The topological polar surface area (TPSA) is 0 Å². The van der Waals surface area contributed by atoms with Crippen molar-refractivity contribution in [3.05, 3.63) is 294 Å². The zero-order valence-corrected chi connectivity index (χ0v) is 46.0. The fraction of sp³-hybridized carbons (Fsp3) is 0.164. The van der Waals surface area contributed by atoms with Crippen molar-refractivity contribution in [2.45, 2.75) is 73.9 Å². The van der Waals surface area contributed by atoms with Crippen LogP contribution in [0.1, 0.15) is 110 Å². The Bertz CT molecular complexity index is 3150. The van der Waals surface area contributed by atoms with Crippen molar-refractivity contribution in [3.63, 3.8) is 0 Å². The molecule has 0 N–H and O–H groups in total. The fourth-order valence-corrected chi connectivity index (χ4v) is 6.11. The summed E-state index contributed by atoms with van der Waals surface area (Å²) in [5, 5.41) is 0. The van der Waals surface area contributed by atoms with Crippen LogP contribution in [0.4, 0.5) is 57.1 Å². The van der Waals surface area contributed by atoms with Crippen LogP contribution in [0, 0.1) is 30.2 Å². The molecule has 0 atom stereocenters. The van der Waals surface area contributed by atoms with Crippen molar-refractivity contribution in [1.82, 2.24) is 0 Å². The van der Waals surface area contributed by atoms with Crippen molar-refractivity contribution in [2.24, 2.45) is 0 Å². The molecule has 0 saturated heterocycles.